The van der Waals surface area contributed by atoms with Gasteiger partial charge in [0.2, 0.25) is 0 Å². The van der Waals surface area contributed by atoms with Crippen LogP contribution in [-0.4, -0.2) is 18.0 Å². The summed E-state index contributed by atoms with van der Waals surface area (Å²) in [5.41, 5.74) is 0. The van der Waals surface area contributed by atoms with Crippen molar-refractivity contribution in [3.63, 3.8) is 0 Å². The Labute approximate surface area is 93.6 Å². The lowest BCUT2D eigenvalue weighted by atomic mass is 9.94. The molecule has 84 valence electrons. The van der Waals surface area contributed by atoms with Crippen molar-refractivity contribution < 1.29 is 0 Å². The first-order valence-corrected chi connectivity index (χ1v) is 6.55. The van der Waals surface area contributed by atoms with Gasteiger partial charge >= 0.3 is 0 Å². The van der Waals surface area contributed by atoms with Crippen LogP contribution in [0.25, 0.3) is 0 Å². The van der Waals surface area contributed by atoms with E-state index in [1.165, 1.54) is 38.5 Å². The molecule has 0 spiro atoms. The molecule has 0 bridgehead atoms. The number of alkyl halides is 1. The standard InChI is InChI=1S/C12H24ClN/c1-3-6-10(2)9-14-12-8-5-4-7-11(12)13/h10-12,14H,3-9H2,1-2H3. The van der Waals surface area contributed by atoms with Crippen LogP contribution >= 0.6 is 11.6 Å². The molecule has 0 aromatic carbocycles. The van der Waals surface area contributed by atoms with Crippen LogP contribution in [0.3, 0.4) is 0 Å². The summed E-state index contributed by atoms with van der Waals surface area (Å²) >= 11 is 6.28. The molecule has 1 nitrogen and oxygen atoms in total. The topological polar surface area (TPSA) is 12.0 Å². The second kappa shape index (κ2) is 6.68. The van der Waals surface area contributed by atoms with Gasteiger partial charge in [-0.25, -0.2) is 0 Å². The summed E-state index contributed by atoms with van der Waals surface area (Å²) in [6.45, 7) is 5.71. The highest BCUT2D eigenvalue weighted by atomic mass is 35.5. The predicted octanol–water partition coefficient (Wildman–Crippen LogP) is 3.56. The summed E-state index contributed by atoms with van der Waals surface area (Å²) < 4.78 is 0. The fourth-order valence-electron chi connectivity index (χ4n) is 2.26. The van der Waals surface area contributed by atoms with Gasteiger partial charge in [0.1, 0.15) is 0 Å². The Morgan fingerprint density at radius 1 is 1.36 bits per heavy atom. The van der Waals surface area contributed by atoms with Crippen molar-refractivity contribution >= 4 is 11.6 Å². The fraction of sp³-hybridized carbons (Fsp3) is 1.00. The predicted molar refractivity (Wildman–Crippen MR) is 64.0 cm³/mol. The Morgan fingerprint density at radius 2 is 2.07 bits per heavy atom. The molecule has 1 saturated carbocycles. The van der Waals surface area contributed by atoms with E-state index in [-0.39, 0.29) is 0 Å². The van der Waals surface area contributed by atoms with E-state index >= 15 is 0 Å². The van der Waals surface area contributed by atoms with E-state index in [2.05, 4.69) is 19.2 Å². The number of hydrogen-bond acceptors (Lipinski definition) is 1. The smallest absolute Gasteiger partial charge is 0.0489 e. The van der Waals surface area contributed by atoms with Gasteiger partial charge in [-0.2, -0.15) is 0 Å². The van der Waals surface area contributed by atoms with Crippen molar-refractivity contribution in [3.05, 3.63) is 0 Å². The lowest BCUT2D eigenvalue weighted by molar-refractivity contribution is 0.351. The summed E-state index contributed by atoms with van der Waals surface area (Å²) in [7, 11) is 0. The van der Waals surface area contributed by atoms with E-state index in [1.54, 1.807) is 0 Å². The fourth-order valence-corrected chi connectivity index (χ4v) is 2.63. The second-order valence-electron chi connectivity index (χ2n) is 4.71. The number of hydrogen-bond donors (Lipinski definition) is 1. The number of halogens is 1. The zero-order valence-corrected chi connectivity index (χ0v) is 10.3. The molecule has 1 N–H and O–H groups in total. The van der Waals surface area contributed by atoms with Gasteiger partial charge < -0.3 is 5.32 Å². The molecule has 0 heterocycles. The Hall–Kier alpha value is 0.250. The van der Waals surface area contributed by atoms with Crippen LogP contribution in [-0.2, 0) is 0 Å². The maximum absolute atomic E-state index is 6.28. The van der Waals surface area contributed by atoms with Gasteiger partial charge in [0.15, 0.2) is 0 Å². The van der Waals surface area contributed by atoms with Crippen molar-refractivity contribution in [3.8, 4) is 0 Å². The van der Waals surface area contributed by atoms with E-state index in [4.69, 9.17) is 11.6 Å². The highest BCUT2D eigenvalue weighted by Gasteiger charge is 2.22. The minimum absolute atomic E-state index is 0.373. The third kappa shape index (κ3) is 4.18. The van der Waals surface area contributed by atoms with Gasteiger partial charge in [-0.05, 0) is 31.7 Å². The first kappa shape index (κ1) is 12.3. The van der Waals surface area contributed by atoms with E-state index in [1.807, 2.05) is 0 Å². The van der Waals surface area contributed by atoms with Crippen molar-refractivity contribution in [1.82, 2.24) is 5.32 Å². The zero-order valence-electron chi connectivity index (χ0n) is 9.56. The SMILES string of the molecule is CCCC(C)CNC1CCCCC1Cl. The quantitative estimate of drug-likeness (QED) is 0.695. The van der Waals surface area contributed by atoms with E-state index in [0.717, 1.165) is 12.5 Å². The summed E-state index contributed by atoms with van der Waals surface area (Å²) in [4.78, 5) is 0. The molecule has 0 saturated heterocycles. The van der Waals surface area contributed by atoms with Gasteiger partial charge in [0, 0.05) is 11.4 Å². The molecule has 3 atom stereocenters. The number of rotatable bonds is 5. The van der Waals surface area contributed by atoms with Crippen LogP contribution in [0.4, 0.5) is 0 Å². The lowest BCUT2D eigenvalue weighted by Gasteiger charge is -2.29. The van der Waals surface area contributed by atoms with Crippen molar-refractivity contribution in [2.45, 2.75) is 63.8 Å². The van der Waals surface area contributed by atoms with E-state index in [9.17, 15) is 0 Å². The van der Waals surface area contributed by atoms with Gasteiger partial charge in [-0.1, -0.05) is 33.1 Å². The van der Waals surface area contributed by atoms with E-state index < -0.39 is 0 Å². The molecule has 0 amide bonds. The monoisotopic (exact) mass is 217 g/mol. The Kier molecular flexibility index (Phi) is 5.88. The molecule has 1 rings (SSSR count). The molecule has 0 radical (unpaired) electrons. The first-order valence-electron chi connectivity index (χ1n) is 6.11. The molecule has 2 heteroatoms. The van der Waals surface area contributed by atoms with Gasteiger partial charge in [0.05, 0.1) is 0 Å². The Bertz CT molecular complexity index is 149. The van der Waals surface area contributed by atoms with E-state index in [0.29, 0.717) is 11.4 Å². The highest BCUT2D eigenvalue weighted by molar-refractivity contribution is 6.21. The molecule has 0 aromatic heterocycles. The zero-order chi connectivity index (χ0) is 10.4. The second-order valence-corrected chi connectivity index (χ2v) is 5.27. The average molecular weight is 218 g/mol. The molecule has 3 unspecified atom stereocenters. The van der Waals surface area contributed by atoms with Gasteiger partial charge in [-0.15, -0.1) is 11.6 Å². The van der Waals surface area contributed by atoms with Crippen LogP contribution in [0.15, 0.2) is 0 Å². The van der Waals surface area contributed by atoms with Crippen LogP contribution in [0.2, 0.25) is 0 Å². The highest BCUT2D eigenvalue weighted by Crippen LogP contribution is 2.23. The summed E-state index contributed by atoms with van der Waals surface area (Å²) in [5, 5.41) is 4.00. The largest absolute Gasteiger partial charge is 0.312 e. The lowest BCUT2D eigenvalue weighted by Crippen LogP contribution is -2.41. The number of nitrogens with one attached hydrogen (secondary N) is 1. The maximum atomic E-state index is 6.28. The minimum Gasteiger partial charge on any atom is -0.312 e. The van der Waals surface area contributed by atoms with Crippen LogP contribution in [0.5, 0.6) is 0 Å². The maximum Gasteiger partial charge on any atom is 0.0489 e. The molecule has 1 aliphatic carbocycles. The molecule has 0 aromatic rings. The molecule has 1 fully saturated rings. The normalized spacial score (nSPS) is 30.2. The minimum atomic E-state index is 0.373. The van der Waals surface area contributed by atoms with Crippen molar-refractivity contribution in [2.75, 3.05) is 6.54 Å². The van der Waals surface area contributed by atoms with Crippen LogP contribution in [0, 0.1) is 5.92 Å². The Balaban J connectivity index is 2.15. The van der Waals surface area contributed by atoms with Gasteiger partial charge in [0.25, 0.3) is 0 Å². The third-order valence-corrected chi connectivity index (χ3v) is 3.71. The van der Waals surface area contributed by atoms with Crippen molar-refractivity contribution in [1.29, 1.82) is 0 Å². The molecule has 1 aliphatic rings. The molecular weight excluding hydrogens is 194 g/mol. The van der Waals surface area contributed by atoms with Crippen LogP contribution < -0.4 is 5.32 Å². The molecular formula is C12H24ClN. The molecule has 14 heavy (non-hydrogen) atoms. The van der Waals surface area contributed by atoms with Crippen LogP contribution in [0.1, 0.15) is 52.4 Å². The summed E-state index contributed by atoms with van der Waals surface area (Å²) in [6.07, 6.45) is 7.75. The Morgan fingerprint density at radius 3 is 2.71 bits per heavy atom. The summed E-state index contributed by atoms with van der Waals surface area (Å²) in [6, 6.07) is 0.574. The molecule has 0 aliphatic heterocycles. The third-order valence-electron chi connectivity index (χ3n) is 3.19. The average Bonchev–Trinajstić information content (AvgIpc) is 2.17. The van der Waals surface area contributed by atoms with Gasteiger partial charge in [-0.3, -0.25) is 0 Å². The van der Waals surface area contributed by atoms with Crippen molar-refractivity contribution in [2.24, 2.45) is 5.92 Å². The first-order chi connectivity index (χ1) is 6.74. The summed E-state index contributed by atoms with van der Waals surface area (Å²) in [5.74, 6) is 0.797.